The second kappa shape index (κ2) is 7.47. The van der Waals surface area contributed by atoms with Crippen molar-refractivity contribution in [2.45, 2.75) is 12.6 Å². The fourth-order valence-electron chi connectivity index (χ4n) is 2.26. The second-order valence-corrected chi connectivity index (χ2v) is 5.84. The number of halogens is 4. The van der Waals surface area contributed by atoms with Crippen molar-refractivity contribution in [1.82, 2.24) is 4.90 Å². The minimum absolute atomic E-state index is 0.132. The molecule has 21 heavy (non-hydrogen) atoms. The van der Waals surface area contributed by atoms with E-state index in [2.05, 4.69) is 26.1 Å². The molecule has 0 aliphatic carbocycles. The van der Waals surface area contributed by atoms with Gasteiger partial charge in [-0.2, -0.15) is 13.2 Å². The van der Waals surface area contributed by atoms with Gasteiger partial charge in [-0.05, 0) is 31.2 Å². The largest absolute Gasteiger partial charge is 0.418 e. The van der Waals surface area contributed by atoms with Crippen LogP contribution in [0, 0.1) is 0 Å². The summed E-state index contributed by atoms with van der Waals surface area (Å²) in [6.45, 7) is 4.64. The van der Waals surface area contributed by atoms with Gasteiger partial charge in [0.05, 0.1) is 18.8 Å². The third-order valence-corrected chi connectivity index (χ3v) is 3.85. The first-order valence-corrected chi connectivity index (χ1v) is 7.67. The van der Waals surface area contributed by atoms with Crippen LogP contribution in [0.2, 0.25) is 0 Å². The first-order chi connectivity index (χ1) is 9.97. The Hall–Kier alpha value is -0.790. The van der Waals surface area contributed by atoms with Crippen LogP contribution in [-0.4, -0.2) is 44.3 Å². The Morgan fingerprint density at radius 3 is 2.62 bits per heavy atom. The quantitative estimate of drug-likeness (QED) is 0.805. The SMILES string of the molecule is FC(F)(F)c1cc(Br)ccc1NCCCN1CCOCC1. The lowest BCUT2D eigenvalue weighted by Crippen LogP contribution is -2.37. The van der Waals surface area contributed by atoms with Crippen LogP contribution in [0.25, 0.3) is 0 Å². The Bertz CT molecular complexity index is 462. The normalized spacial score (nSPS) is 17.0. The summed E-state index contributed by atoms with van der Waals surface area (Å²) in [5.74, 6) is 0. The van der Waals surface area contributed by atoms with E-state index in [9.17, 15) is 13.2 Å². The number of nitrogens with zero attached hydrogens (tertiary/aromatic N) is 1. The maximum absolute atomic E-state index is 12.9. The van der Waals surface area contributed by atoms with Crippen molar-refractivity contribution < 1.29 is 17.9 Å². The molecule has 0 atom stereocenters. The van der Waals surface area contributed by atoms with Gasteiger partial charge in [-0.3, -0.25) is 4.90 Å². The zero-order valence-corrected chi connectivity index (χ0v) is 13.1. The van der Waals surface area contributed by atoms with Gasteiger partial charge >= 0.3 is 6.18 Å². The average Bonchev–Trinajstić information content (AvgIpc) is 2.45. The molecule has 1 heterocycles. The maximum Gasteiger partial charge on any atom is 0.418 e. The van der Waals surface area contributed by atoms with E-state index in [-0.39, 0.29) is 5.69 Å². The molecule has 1 aliphatic rings. The zero-order chi connectivity index (χ0) is 15.3. The topological polar surface area (TPSA) is 24.5 Å². The third-order valence-electron chi connectivity index (χ3n) is 3.36. The number of hydrogen-bond acceptors (Lipinski definition) is 3. The van der Waals surface area contributed by atoms with Crippen LogP contribution in [0.4, 0.5) is 18.9 Å². The van der Waals surface area contributed by atoms with Crippen LogP contribution in [0.15, 0.2) is 22.7 Å². The van der Waals surface area contributed by atoms with E-state index in [1.54, 1.807) is 6.07 Å². The van der Waals surface area contributed by atoms with Gasteiger partial charge in [-0.15, -0.1) is 0 Å². The number of benzene rings is 1. The highest BCUT2D eigenvalue weighted by Gasteiger charge is 2.33. The van der Waals surface area contributed by atoms with E-state index >= 15 is 0 Å². The molecule has 1 fully saturated rings. The molecule has 0 spiro atoms. The van der Waals surface area contributed by atoms with Crippen molar-refractivity contribution in [2.24, 2.45) is 0 Å². The lowest BCUT2D eigenvalue weighted by molar-refractivity contribution is -0.137. The smallest absolute Gasteiger partial charge is 0.385 e. The molecule has 1 aromatic rings. The third kappa shape index (κ3) is 5.16. The van der Waals surface area contributed by atoms with E-state index in [1.807, 2.05) is 0 Å². The van der Waals surface area contributed by atoms with Crippen LogP contribution < -0.4 is 5.32 Å². The van der Waals surface area contributed by atoms with Gasteiger partial charge in [0.25, 0.3) is 0 Å². The molecular formula is C14H18BrF3N2O. The molecule has 2 rings (SSSR count). The Morgan fingerprint density at radius 1 is 1.24 bits per heavy atom. The predicted molar refractivity (Wildman–Crippen MR) is 79.5 cm³/mol. The van der Waals surface area contributed by atoms with E-state index in [1.165, 1.54) is 6.07 Å². The summed E-state index contributed by atoms with van der Waals surface area (Å²) in [5.41, 5.74) is -0.504. The van der Waals surface area contributed by atoms with Crippen molar-refractivity contribution in [3.63, 3.8) is 0 Å². The number of nitrogens with one attached hydrogen (secondary N) is 1. The fraction of sp³-hybridized carbons (Fsp3) is 0.571. The lowest BCUT2D eigenvalue weighted by atomic mass is 10.1. The van der Waals surface area contributed by atoms with E-state index in [0.717, 1.165) is 45.3 Å². The maximum atomic E-state index is 12.9. The summed E-state index contributed by atoms with van der Waals surface area (Å²) in [4.78, 5) is 2.26. The Balaban J connectivity index is 1.85. The first kappa shape index (κ1) is 16.6. The number of ether oxygens (including phenoxy) is 1. The molecule has 0 aromatic heterocycles. The highest BCUT2D eigenvalue weighted by atomic mass is 79.9. The fourth-order valence-corrected chi connectivity index (χ4v) is 2.62. The molecule has 0 amide bonds. The monoisotopic (exact) mass is 366 g/mol. The molecule has 0 saturated carbocycles. The van der Waals surface area contributed by atoms with Gasteiger partial charge in [0.2, 0.25) is 0 Å². The van der Waals surface area contributed by atoms with Crippen LogP contribution in [0.3, 0.4) is 0 Å². The summed E-state index contributed by atoms with van der Waals surface area (Å²) in [5, 5.41) is 2.89. The van der Waals surface area contributed by atoms with E-state index in [0.29, 0.717) is 11.0 Å². The van der Waals surface area contributed by atoms with Gasteiger partial charge in [0, 0.05) is 29.8 Å². The van der Waals surface area contributed by atoms with Crippen molar-refractivity contribution in [2.75, 3.05) is 44.7 Å². The number of alkyl halides is 3. The Labute approximate surface area is 130 Å². The summed E-state index contributed by atoms with van der Waals surface area (Å²) in [7, 11) is 0. The molecule has 0 unspecified atom stereocenters. The molecule has 1 N–H and O–H groups in total. The molecule has 7 heteroatoms. The molecule has 3 nitrogen and oxygen atoms in total. The van der Waals surface area contributed by atoms with Crippen molar-refractivity contribution in [1.29, 1.82) is 0 Å². The van der Waals surface area contributed by atoms with Gasteiger partial charge in [-0.1, -0.05) is 15.9 Å². The minimum Gasteiger partial charge on any atom is -0.385 e. The second-order valence-electron chi connectivity index (χ2n) is 4.92. The highest BCUT2D eigenvalue weighted by molar-refractivity contribution is 9.10. The van der Waals surface area contributed by atoms with Crippen LogP contribution >= 0.6 is 15.9 Å². The minimum atomic E-state index is -4.35. The van der Waals surface area contributed by atoms with Crippen molar-refractivity contribution in [3.05, 3.63) is 28.2 Å². The number of morpholine rings is 1. The standard InChI is InChI=1S/C14H18BrF3N2O/c15-11-2-3-13(12(10-11)14(16,17)18)19-4-1-5-20-6-8-21-9-7-20/h2-3,10,19H,1,4-9H2. The highest BCUT2D eigenvalue weighted by Crippen LogP contribution is 2.36. The van der Waals surface area contributed by atoms with Gasteiger partial charge in [0.15, 0.2) is 0 Å². The molecule has 1 saturated heterocycles. The van der Waals surface area contributed by atoms with E-state index in [4.69, 9.17) is 4.74 Å². The summed E-state index contributed by atoms with van der Waals surface area (Å²) in [6.07, 6.45) is -3.55. The Kier molecular flexibility index (Phi) is 5.89. The summed E-state index contributed by atoms with van der Waals surface area (Å²) >= 11 is 3.08. The average molecular weight is 367 g/mol. The first-order valence-electron chi connectivity index (χ1n) is 6.87. The Morgan fingerprint density at radius 2 is 1.95 bits per heavy atom. The molecule has 1 aromatic carbocycles. The number of hydrogen-bond donors (Lipinski definition) is 1. The molecule has 0 bridgehead atoms. The van der Waals surface area contributed by atoms with Crippen LogP contribution in [0.1, 0.15) is 12.0 Å². The zero-order valence-electron chi connectivity index (χ0n) is 11.5. The molecule has 1 aliphatic heterocycles. The molecule has 0 radical (unpaired) electrons. The lowest BCUT2D eigenvalue weighted by Gasteiger charge is -2.26. The van der Waals surface area contributed by atoms with Crippen LogP contribution in [0.5, 0.6) is 0 Å². The van der Waals surface area contributed by atoms with Gasteiger partial charge < -0.3 is 10.1 Å². The summed E-state index contributed by atoms with van der Waals surface area (Å²) < 4.78 is 44.5. The van der Waals surface area contributed by atoms with Gasteiger partial charge in [0.1, 0.15) is 0 Å². The van der Waals surface area contributed by atoms with E-state index < -0.39 is 11.7 Å². The molecule has 118 valence electrons. The van der Waals surface area contributed by atoms with Crippen molar-refractivity contribution in [3.8, 4) is 0 Å². The number of rotatable bonds is 5. The molecular weight excluding hydrogens is 349 g/mol. The van der Waals surface area contributed by atoms with Gasteiger partial charge in [-0.25, -0.2) is 0 Å². The summed E-state index contributed by atoms with van der Waals surface area (Å²) in [6, 6.07) is 4.17. The van der Waals surface area contributed by atoms with Crippen LogP contribution in [-0.2, 0) is 10.9 Å². The number of anilines is 1. The van der Waals surface area contributed by atoms with Crippen molar-refractivity contribution >= 4 is 21.6 Å². The predicted octanol–water partition coefficient (Wildman–Crippen LogP) is 3.60.